The number of benzene rings is 1. The standard InChI is InChI=1S/C17H24BrNO4/c1-4-23-17(20)12-5-7-19(8-6-12)11-13-9-15(21-2)16(22-3)10-14(13)18/h9-10,12H,4-8,11H2,1-3H3/p+1. The second-order valence-electron chi connectivity index (χ2n) is 5.75. The van der Waals surface area contributed by atoms with E-state index in [9.17, 15) is 4.79 Å². The van der Waals surface area contributed by atoms with Crippen LogP contribution < -0.4 is 14.4 Å². The predicted octanol–water partition coefficient (Wildman–Crippen LogP) is 1.82. The number of carbonyl (C=O) groups excluding carboxylic acids is 1. The molecule has 0 radical (unpaired) electrons. The van der Waals surface area contributed by atoms with Gasteiger partial charge < -0.3 is 19.1 Å². The van der Waals surface area contributed by atoms with Crippen LogP contribution in [0, 0.1) is 5.92 Å². The van der Waals surface area contributed by atoms with E-state index in [-0.39, 0.29) is 11.9 Å². The molecule has 0 aliphatic carbocycles. The Hall–Kier alpha value is -1.27. The molecule has 0 saturated carbocycles. The summed E-state index contributed by atoms with van der Waals surface area (Å²) in [4.78, 5) is 13.3. The smallest absolute Gasteiger partial charge is 0.309 e. The number of quaternary nitrogens is 1. The summed E-state index contributed by atoms with van der Waals surface area (Å²) in [6.07, 6.45) is 1.78. The van der Waals surface area contributed by atoms with Crippen molar-refractivity contribution in [1.82, 2.24) is 0 Å². The Morgan fingerprint density at radius 3 is 2.39 bits per heavy atom. The molecule has 0 atom stereocenters. The van der Waals surface area contributed by atoms with E-state index in [1.807, 2.05) is 19.1 Å². The first kappa shape index (κ1) is 18.1. The van der Waals surface area contributed by atoms with Crippen LogP contribution in [0.5, 0.6) is 11.5 Å². The Morgan fingerprint density at radius 2 is 1.83 bits per heavy atom. The highest BCUT2D eigenvalue weighted by Gasteiger charge is 2.28. The SMILES string of the molecule is CCOC(=O)C1CC[NH+](Cc2cc(OC)c(OC)cc2Br)CC1. The van der Waals surface area contributed by atoms with Crippen LogP contribution in [0.2, 0.25) is 0 Å². The van der Waals surface area contributed by atoms with Gasteiger partial charge in [0.05, 0.1) is 39.8 Å². The highest BCUT2D eigenvalue weighted by atomic mass is 79.9. The Labute approximate surface area is 146 Å². The molecule has 0 aromatic heterocycles. The van der Waals surface area contributed by atoms with Crippen LogP contribution >= 0.6 is 15.9 Å². The summed E-state index contributed by atoms with van der Waals surface area (Å²) in [5.74, 6) is 1.48. The summed E-state index contributed by atoms with van der Waals surface area (Å²) < 4.78 is 16.8. The maximum atomic E-state index is 11.8. The van der Waals surface area contributed by atoms with E-state index < -0.39 is 0 Å². The second kappa shape index (κ2) is 8.55. The molecule has 1 saturated heterocycles. The number of methoxy groups -OCH3 is 2. The topological polar surface area (TPSA) is 49.2 Å². The van der Waals surface area contributed by atoms with Crippen LogP contribution in [0.4, 0.5) is 0 Å². The summed E-state index contributed by atoms with van der Waals surface area (Å²) in [6, 6.07) is 3.96. The predicted molar refractivity (Wildman–Crippen MR) is 91.0 cm³/mol. The molecule has 1 aliphatic rings. The van der Waals surface area contributed by atoms with Crippen LogP contribution in [0.1, 0.15) is 25.3 Å². The fraction of sp³-hybridized carbons (Fsp3) is 0.588. The Morgan fingerprint density at radius 1 is 1.22 bits per heavy atom. The molecular formula is C17H25BrNO4+. The van der Waals surface area contributed by atoms with Gasteiger partial charge in [0.15, 0.2) is 11.5 Å². The first-order valence-electron chi connectivity index (χ1n) is 7.99. The van der Waals surface area contributed by atoms with Gasteiger partial charge in [-0.25, -0.2) is 0 Å². The van der Waals surface area contributed by atoms with E-state index >= 15 is 0 Å². The molecular weight excluding hydrogens is 362 g/mol. The zero-order valence-electron chi connectivity index (χ0n) is 14.0. The minimum atomic E-state index is -0.0427. The van der Waals surface area contributed by atoms with Crippen LogP contribution in [-0.2, 0) is 16.1 Å². The van der Waals surface area contributed by atoms with Gasteiger partial charge in [-0.2, -0.15) is 0 Å². The Balaban J connectivity index is 1.97. The van der Waals surface area contributed by atoms with Crippen LogP contribution in [0.15, 0.2) is 16.6 Å². The molecule has 0 bridgehead atoms. The number of nitrogens with one attached hydrogen (secondary N) is 1. The van der Waals surface area contributed by atoms with Crippen LogP contribution in [0.25, 0.3) is 0 Å². The quantitative estimate of drug-likeness (QED) is 0.757. The number of likely N-dealkylation sites (tertiary alicyclic amines) is 1. The third-order valence-corrected chi connectivity index (χ3v) is 5.04. The van der Waals surface area contributed by atoms with E-state index in [4.69, 9.17) is 14.2 Å². The van der Waals surface area contributed by atoms with Crippen molar-refractivity contribution in [1.29, 1.82) is 0 Å². The number of esters is 1. The van der Waals surface area contributed by atoms with Crippen molar-refractivity contribution in [2.75, 3.05) is 33.9 Å². The summed E-state index contributed by atoms with van der Waals surface area (Å²) in [7, 11) is 3.28. The number of hydrogen-bond donors (Lipinski definition) is 1. The first-order valence-corrected chi connectivity index (χ1v) is 8.78. The molecule has 2 rings (SSSR count). The van der Waals surface area contributed by atoms with E-state index in [2.05, 4.69) is 15.9 Å². The molecule has 1 aromatic rings. The minimum absolute atomic E-state index is 0.0427. The average Bonchev–Trinajstić information content (AvgIpc) is 2.57. The fourth-order valence-electron chi connectivity index (χ4n) is 3.00. The monoisotopic (exact) mass is 386 g/mol. The van der Waals surface area contributed by atoms with Crippen molar-refractivity contribution >= 4 is 21.9 Å². The van der Waals surface area contributed by atoms with Gasteiger partial charge >= 0.3 is 5.97 Å². The number of rotatable bonds is 6. The number of halogens is 1. The molecule has 23 heavy (non-hydrogen) atoms. The van der Waals surface area contributed by atoms with Gasteiger partial charge in [0.1, 0.15) is 6.54 Å². The molecule has 0 amide bonds. The fourth-order valence-corrected chi connectivity index (χ4v) is 3.46. The maximum Gasteiger partial charge on any atom is 0.309 e. The summed E-state index contributed by atoms with van der Waals surface area (Å²) in [5.41, 5.74) is 1.19. The lowest BCUT2D eigenvalue weighted by Gasteiger charge is -2.28. The van der Waals surface area contributed by atoms with Crippen LogP contribution in [0.3, 0.4) is 0 Å². The van der Waals surface area contributed by atoms with Crippen LogP contribution in [-0.4, -0.2) is 39.9 Å². The van der Waals surface area contributed by atoms with Gasteiger partial charge in [-0.3, -0.25) is 4.79 Å². The molecule has 1 heterocycles. The Kier molecular flexibility index (Phi) is 6.72. The van der Waals surface area contributed by atoms with Gasteiger partial charge in [-0.05, 0) is 19.1 Å². The molecule has 0 spiro atoms. The number of ether oxygens (including phenoxy) is 3. The third kappa shape index (κ3) is 4.61. The number of hydrogen-bond acceptors (Lipinski definition) is 4. The van der Waals surface area contributed by atoms with Gasteiger partial charge in [0.25, 0.3) is 0 Å². The lowest BCUT2D eigenvalue weighted by Crippen LogP contribution is -3.11. The molecule has 5 nitrogen and oxygen atoms in total. The lowest BCUT2D eigenvalue weighted by atomic mass is 9.96. The molecule has 128 valence electrons. The van der Waals surface area contributed by atoms with Crippen molar-refractivity contribution in [3.8, 4) is 11.5 Å². The number of piperidine rings is 1. The maximum absolute atomic E-state index is 11.8. The molecule has 1 aromatic carbocycles. The molecule has 6 heteroatoms. The van der Waals surface area contributed by atoms with Crippen molar-refractivity contribution in [2.45, 2.75) is 26.3 Å². The lowest BCUT2D eigenvalue weighted by molar-refractivity contribution is -0.919. The van der Waals surface area contributed by atoms with Crippen molar-refractivity contribution in [2.24, 2.45) is 5.92 Å². The summed E-state index contributed by atoms with van der Waals surface area (Å²) in [6.45, 7) is 5.17. The third-order valence-electron chi connectivity index (χ3n) is 4.31. The van der Waals surface area contributed by atoms with E-state index in [1.165, 1.54) is 10.5 Å². The van der Waals surface area contributed by atoms with E-state index in [1.54, 1.807) is 14.2 Å². The zero-order valence-corrected chi connectivity index (χ0v) is 15.6. The summed E-state index contributed by atoms with van der Waals surface area (Å²) in [5, 5.41) is 0. The molecule has 1 N–H and O–H groups in total. The molecule has 1 fully saturated rings. The van der Waals surface area contributed by atoms with E-state index in [0.29, 0.717) is 6.61 Å². The van der Waals surface area contributed by atoms with Crippen molar-refractivity contribution in [3.05, 3.63) is 22.2 Å². The van der Waals surface area contributed by atoms with Gasteiger partial charge in [-0.15, -0.1) is 0 Å². The first-order chi connectivity index (χ1) is 11.1. The van der Waals surface area contributed by atoms with Gasteiger partial charge in [0, 0.05) is 22.9 Å². The molecule has 0 unspecified atom stereocenters. The van der Waals surface area contributed by atoms with Crippen molar-refractivity contribution < 1.29 is 23.9 Å². The van der Waals surface area contributed by atoms with Gasteiger partial charge in [-0.1, -0.05) is 15.9 Å². The number of carbonyl (C=O) groups is 1. The van der Waals surface area contributed by atoms with E-state index in [0.717, 1.165) is 48.4 Å². The zero-order chi connectivity index (χ0) is 16.8. The normalized spacial score (nSPS) is 20.9. The minimum Gasteiger partial charge on any atom is -0.493 e. The average molecular weight is 387 g/mol. The Bertz CT molecular complexity index is 542. The second-order valence-corrected chi connectivity index (χ2v) is 6.61. The van der Waals surface area contributed by atoms with Gasteiger partial charge in [0.2, 0.25) is 0 Å². The highest BCUT2D eigenvalue weighted by Crippen LogP contribution is 2.33. The molecule has 1 aliphatic heterocycles. The summed E-state index contributed by atoms with van der Waals surface area (Å²) >= 11 is 3.61. The largest absolute Gasteiger partial charge is 0.493 e. The van der Waals surface area contributed by atoms with Crippen molar-refractivity contribution in [3.63, 3.8) is 0 Å². The highest BCUT2D eigenvalue weighted by molar-refractivity contribution is 9.10.